The minimum atomic E-state index is -4.18. The number of hydrogen-bond acceptors (Lipinski definition) is 4. The molecule has 1 rings (SSSR count). The van der Waals surface area contributed by atoms with Crippen molar-refractivity contribution in [2.75, 3.05) is 26.8 Å². The number of benzene rings is 1. The molecule has 21 heavy (non-hydrogen) atoms. The topological polar surface area (TPSA) is 63.7 Å². The van der Waals surface area contributed by atoms with E-state index in [1.165, 1.54) is 12.0 Å². The van der Waals surface area contributed by atoms with Gasteiger partial charge in [-0.1, -0.05) is 11.6 Å². The summed E-state index contributed by atoms with van der Waals surface area (Å²) in [5, 5.41) is -0.376. The Morgan fingerprint density at radius 3 is 2.52 bits per heavy atom. The number of hydrogen-bond donors (Lipinski definition) is 0. The van der Waals surface area contributed by atoms with E-state index in [0.717, 1.165) is 12.1 Å². The van der Waals surface area contributed by atoms with Gasteiger partial charge in [0.05, 0.1) is 17.2 Å². The summed E-state index contributed by atoms with van der Waals surface area (Å²) in [6, 6.07) is 1.60. The number of nitrogens with zero attached hydrogens (tertiary/aromatic N) is 1. The summed E-state index contributed by atoms with van der Waals surface area (Å²) in [6.45, 7) is 2.54. The molecule has 0 aliphatic carbocycles. The summed E-state index contributed by atoms with van der Waals surface area (Å²) in [6.07, 6.45) is 0. The number of amides is 1. The molecule has 0 aliphatic rings. The number of methoxy groups -OCH3 is 1. The van der Waals surface area contributed by atoms with Crippen LogP contribution in [0.3, 0.4) is 0 Å². The lowest BCUT2D eigenvalue weighted by atomic mass is 10.2. The van der Waals surface area contributed by atoms with Crippen LogP contribution in [0, 0.1) is 5.82 Å². The molecular weight excluding hydrogens is 344 g/mol. The molecule has 0 saturated heterocycles. The first-order valence-corrected chi connectivity index (χ1v) is 8.63. The maximum atomic E-state index is 13.9. The van der Waals surface area contributed by atoms with Crippen molar-refractivity contribution >= 4 is 37.2 Å². The van der Waals surface area contributed by atoms with E-state index in [2.05, 4.69) is 0 Å². The van der Waals surface area contributed by atoms with Crippen LogP contribution in [-0.2, 0) is 13.8 Å². The summed E-state index contributed by atoms with van der Waals surface area (Å²) in [5.74, 6) is -1.57. The zero-order chi connectivity index (χ0) is 16.2. The lowest BCUT2D eigenvalue weighted by Gasteiger charge is -2.21. The van der Waals surface area contributed by atoms with Crippen LogP contribution in [0.15, 0.2) is 17.0 Å². The van der Waals surface area contributed by atoms with Crippen molar-refractivity contribution in [3.05, 3.63) is 28.5 Å². The average molecular weight is 358 g/mol. The molecule has 9 heteroatoms. The second kappa shape index (κ2) is 7.40. The Morgan fingerprint density at radius 1 is 1.43 bits per heavy atom. The standard InChI is InChI=1S/C12H14Cl2FNO4S/c1-3-16(4-5-20-2)12(17)8-6-11(21(14,18)19)9(13)7-10(8)15/h6-7H,3-5H2,1-2H3. The third-order valence-corrected chi connectivity index (χ3v) is 4.54. The van der Waals surface area contributed by atoms with Crippen LogP contribution >= 0.6 is 22.3 Å². The van der Waals surface area contributed by atoms with E-state index in [1.54, 1.807) is 6.92 Å². The van der Waals surface area contributed by atoms with E-state index in [4.69, 9.17) is 27.0 Å². The summed E-state index contributed by atoms with van der Waals surface area (Å²) in [5.41, 5.74) is -0.406. The first-order chi connectivity index (χ1) is 9.72. The lowest BCUT2D eigenvalue weighted by molar-refractivity contribution is 0.0701. The molecule has 0 saturated carbocycles. The van der Waals surface area contributed by atoms with Crippen molar-refractivity contribution in [1.29, 1.82) is 0 Å². The second-order valence-electron chi connectivity index (χ2n) is 4.08. The van der Waals surface area contributed by atoms with Gasteiger partial charge >= 0.3 is 0 Å². The van der Waals surface area contributed by atoms with Crippen LogP contribution in [0.2, 0.25) is 5.02 Å². The van der Waals surface area contributed by atoms with E-state index in [1.807, 2.05) is 0 Å². The van der Waals surface area contributed by atoms with Gasteiger partial charge in [0.1, 0.15) is 10.7 Å². The fraction of sp³-hybridized carbons (Fsp3) is 0.417. The fourth-order valence-electron chi connectivity index (χ4n) is 1.65. The molecule has 0 aromatic heterocycles. The van der Waals surface area contributed by atoms with E-state index >= 15 is 0 Å². The number of carbonyl (C=O) groups is 1. The van der Waals surface area contributed by atoms with Gasteiger partial charge in [-0.2, -0.15) is 0 Å². The highest BCUT2D eigenvalue weighted by Crippen LogP contribution is 2.28. The first kappa shape index (κ1) is 18.2. The van der Waals surface area contributed by atoms with Crippen LogP contribution in [0.4, 0.5) is 4.39 Å². The van der Waals surface area contributed by atoms with Crippen LogP contribution in [0.25, 0.3) is 0 Å². The predicted octanol–water partition coefficient (Wildman–Crippen LogP) is 2.52. The molecule has 0 N–H and O–H groups in total. The highest BCUT2D eigenvalue weighted by molar-refractivity contribution is 8.13. The van der Waals surface area contributed by atoms with Crippen molar-refractivity contribution < 1.29 is 22.3 Å². The molecule has 1 aromatic rings. The number of likely N-dealkylation sites (N-methyl/N-ethyl adjacent to an activating group) is 1. The van der Waals surface area contributed by atoms with Gasteiger partial charge in [0, 0.05) is 30.9 Å². The molecule has 0 aliphatic heterocycles. The van der Waals surface area contributed by atoms with Gasteiger partial charge in [-0.25, -0.2) is 12.8 Å². The Balaban J connectivity index is 3.26. The van der Waals surface area contributed by atoms with Gasteiger partial charge in [-0.3, -0.25) is 4.79 Å². The third kappa shape index (κ3) is 4.54. The van der Waals surface area contributed by atoms with Crippen molar-refractivity contribution in [3.63, 3.8) is 0 Å². The lowest BCUT2D eigenvalue weighted by Crippen LogP contribution is -2.34. The fourth-order valence-corrected chi connectivity index (χ4v) is 3.16. The molecular formula is C12H14Cl2FNO4S. The molecule has 1 aromatic carbocycles. The Bertz CT molecular complexity index is 636. The highest BCUT2D eigenvalue weighted by atomic mass is 35.7. The number of ether oxygens (including phenoxy) is 1. The van der Waals surface area contributed by atoms with Crippen LogP contribution in [-0.4, -0.2) is 46.0 Å². The average Bonchev–Trinajstić information content (AvgIpc) is 2.37. The zero-order valence-electron chi connectivity index (χ0n) is 11.4. The second-order valence-corrected chi connectivity index (χ2v) is 7.02. The number of halogens is 3. The number of carbonyl (C=O) groups excluding carboxylic acids is 1. The number of rotatable bonds is 6. The smallest absolute Gasteiger partial charge is 0.262 e. The van der Waals surface area contributed by atoms with Gasteiger partial charge in [-0.05, 0) is 19.1 Å². The highest BCUT2D eigenvalue weighted by Gasteiger charge is 2.24. The van der Waals surface area contributed by atoms with Crippen molar-refractivity contribution in [1.82, 2.24) is 4.90 Å². The van der Waals surface area contributed by atoms with E-state index < -0.39 is 31.2 Å². The summed E-state index contributed by atoms with van der Waals surface area (Å²) in [4.78, 5) is 13.1. The van der Waals surface area contributed by atoms with Gasteiger partial charge in [0.15, 0.2) is 0 Å². The maximum Gasteiger partial charge on any atom is 0.262 e. The molecule has 1 amide bonds. The van der Waals surface area contributed by atoms with Crippen molar-refractivity contribution in [2.45, 2.75) is 11.8 Å². The van der Waals surface area contributed by atoms with Gasteiger partial charge in [0.2, 0.25) is 0 Å². The monoisotopic (exact) mass is 357 g/mol. The summed E-state index contributed by atoms with van der Waals surface area (Å²) in [7, 11) is 2.50. The molecule has 0 radical (unpaired) electrons. The Morgan fingerprint density at radius 2 is 2.05 bits per heavy atom. The zero-order valence-corrected chi connectivity index (χ0v) is 13.7. The molecule has 0 fully saturated rings. The Hall–Kier alpha value is -0.890. The normalized spacial score (nSPS) is 11.5. The molecule has 0 bridgehead atoms. The van der Waals surface area contributed by atoms with Crippen molar-refractivity contribution in [2.24, 2.45) is 0 Å². The van der Waals surface area contributed by atoms with Crippen LogP contribution < -0.4 is 0 Å². The van der Waals surface area contributed by atoms with Gasteiger partial charge in [-0.15, -0.1) is 0 Å². The van der Waals surface area contributed by atoms with Gasteiger partial charge in [0.25, 0.3) is 15.0 Å². The molecule has 0 heterocycles. The minimum absolute atomic E-state index is 0.247. The van der Waals surface area contributed by atoms with Gasteiger partial charge < -0.3 is 9.64 Å². The molecule has 0 unspecified atom stereocenters. The SMILES string of the molecule is CCN(CCOC)C(=O)c1cc(S(=O)(=O)Cl)c(Cl)cc1F. The molecule has 0 spiro atoms. The Kier molecular flexibility index (Phi) is 6.40. The summed E-state index contributed by atoms with van der Waals surface area (Å²) >= 11 is 5.64. The summed E-state index contributed by atoms with van der Waals surface area (Å²) < 4.78 is 41.5. The largest absolute Gasteiger partial charge is 0.383 e. The molecule has 5 nitrogen and oxygen atoms in total. The minimum Gasteiger partial charge on any atom is -0.383 e. The third-order valence-electron chi connectivity index (χ3n) is 2.75. The predicted molar refractivity (Wildman–Crippen MR) is 77.9 cm³/mol. The first-order valence-electron chi connectivity index (χ1n) is 5.94. The van der Waals surface area contributed by atoms with E-state index in [0.29, 0.717) is 6.54 Å². The molecule has 0 atom stereocenters. The quantitative estimate of drug-likeness (QED) is 0.733. The van der Waals surface area contributed by atoms with E-state index in [9.17, 15) is 17.6 Å². The van der Waals surface area contributed by atoms with Crippen molar-refractivity contribution in [3.8, 4) is 0 Å². The van der Waals surface area contributed by atoms with Crippen LogP contribution in [0.1, 0.15) is 17.3 Å². The molecule has 118 valence electrons. The van der Waals surface area contributed by atoms with Crippen LogP contribution in [0.5, 0.6) is 0 Å². The Labute approximate surface area is 132 Å². The maximum absolute atomic E-state index is 13.9. The van der Waals surface area contributed by atoms with E-state index in [-0.39, 0.29) is 18.2 Å².